The highest BCUT2D eigenvalue weighted by Crippen LogP contribution is 2.03. The predicted molar refractivity (Wildman–Crippen MR) is 58.0 cm³/mol. The molecule has 82 valence electrons. The summed E-state index contributed by atoms with van der Waals surface area (Å²) in [6.45, 7) is 0.431. The molecule has 1 aromatic heterocycles. The molecule has 2 rings (SSSR count). The van der Waals surface area contributed by atoms with Crippen molar-refractivity contribution in [3.8, 4) is 5.75 Å². The normalized spacial score (nSPS) is 10.0. The highest BCUT2D eigenvalue weighted by atomic mass is 16.3. The Morgan fingerprint density at radius 2 is 2.12 bits per heavy atom. The minimum Gasteiger partial charge on any atom is -0.505 e. The van der Waals surface area contributed by atoms with E-state index in [2.05, 4.69) is 10.4 Å². The van der Waals surface area contributed by atoms with Gasteiger partial charge in [0.15, 0.2) is 5.75 Å². The third-order valence-corrected chi connectivity index (χ3v) is 2.06. The zero-order valence-corrected chi connectivity index (χ0v) is 8.50. The van der Waals surface area contributed by atoms with E-state index in [0.717, 1.165) is 10.2 Å². The Bertz CT molecular complexity index is 479. The maximum atomic E-state index is 11.5. The molecule has 0 unspecified atom stereocenters. The van der Waals surface area contributed by atoms with Crippen molar-refractivity contribution >= 4 is 6.03 Å². The molecule has 0 bridgehead atoms. The van der Waals surface area contributed by atoms with Gasteiger partial charge in [-0.2, -0.15) is 9.78 Å². The molecule has 0 saturated heterocycles. The van der Waals surface area contributed by atoms with Crippen LogP contribution in [-0.2, 0) is 6.54 Å². The molecule has 0 aliphatic rings. The van der Waals surface area contributed by atoms with Gasteiger partial charge >= 0.3 is 6.03 Å². The second-order valence-corrected chi connectivity index (χ2v) is 3.29. The van der Waals surface area contributed by atoms with Crippen LogP contribution in [0.25, 0.3) is 0 Å². The first-order chi connectivity index (χ1) is 7.75. The van der Waals surface area contributed by atoms with Crippen molar-refractivity contribution in [3.05, 3.63) is 48.3 Å². The van der Waals surface area contributed by atoms with Gasteiger partial charge in [0.25, 0.3) is 0 Å². The van der Waals surface area contributed by atoms with Gasteiger partial charge in [-0.3, -0.25) is 0 Å². The fourth-order valence-electron chi connectivity index (χ4n) is 1.28. The number of hydrogen-bond donors (Lipinski definition) is 2. The van der Waals surface area contributed by atoms with Gasteiger partial charge in [0.1, 0.15) is 0 Å². The molecule has 0 aliphatic heterocycles. The van der Waals surface area contributed by atoms with Crippen LogP contribution in [-0.4, -0.2) is 20.9 Å². The van der Waals surface area contributed by atoms with Crippen molar-refractivity contribution in [2.75, 3.05) is 0 Å². The lowest BCUT2D eigenvalue weighted by atomic mass is 10.2. The summed E-state index contributed by atoms with van der Waals surface area (Å²) < 4.78 is 1.05. The third kappa shape index (κ3) is 2.38. The lowest BCUT2D eigenvalue weighted by molar-refractivity contribution is 0.239. The van der Waals surface area contributed by atoms with Gasteiger partial charge in [-0.25, -0.2) is 4.79 Å². The van der Waals surface area contributed by atoms with E-state index in [1.54, 1.807) is 0 Å². The highest BCUT2D eigenvalue weighted by Gasteiger charge is 2.05. The molecular formula is C11H11N3O2. The SMILES string of the molecule is O=C(NCc1ccccc1)n1cc(O)cn1. The number of carbonyl (C=O) groups is 1. The van der Waals surface area contributed by atoms with Crippen LogP contribution in [0.2, 0.25) is 0 Å². The molecule has 1 amide bonds. The van der Waals surface area contributed by atoms with Crippen LogP contribution in [0, 0.1) is 0 Å². The molecule has 0 radical (unpaired) electrons. The molecule has 5 heteroatoms. The molecular weight excluding hydrogens is 206 g/mol. The van der Waals surface area contributed by atoms with Crippen molar-refractivity contribution < 1.29 is 9.90 Å². The molecule has 0 spiro atoms. The number of hydrogen-bond acceptors (Lipinski definition) is 3. The predicted octanol–water partition coefficient (Wildman–Crippen LogP) is 1.35. The average Bonchev–Trinajstić information content (AvgIpc) is 2.74. The number of rotatable bonds is 2. The van der Waals surface area contributed by atoms with Crippen LogP contribution in [0.1, 0.15) is 5.56 Å². The first-order valence-corrected chi connectivity index (χ1v) is 4.81. The number of carbonyl (C=O) groups excluding carboxylic acids is 1. The van der Waals surface area contributed by atoms with Crippen molar-refractivity contribution in [3.63, 3.8) is 0 Å². The van der Waals surface area contributed by atoms with Crippen LogP contribution in [0.4, 0.5) is 4.79 Å². The van der Waals surface area contributed by atoms with E-state index in [4.69, 9.17) is 5.11 Å². The van der Waals surface area contributed by atoms with E-state index in [1.165, 1.54) is 12.4 Å². The topological polar surface area (TPSA) is 67.2 Å². The number of nitrogens with zero attached hydrogens (tertiary/aromatic N) is 2. The minimum absolute atomic E-state index is 0.0325. The van der Waals surface area contributed by atoms with E-state index >= 15 is 0 Å². The maximum absolute atomic E-state index is 11.5. The van der Waals surface area contributed by atoms with Crippen molar-refractivity contribution in [1.82, 2.24) is 15.1 Å². The van der Waals surface area contributed by atoms with Gasteiger partial charge in [0.2, 0.25) is 0 Å². The number of benzene rings is 1. The molecule has 2 aromatic rings. The minimum atomic E-state index is -0.371. The molecule has 0 aliphatic carbocycles. The fourth-order valence-corrected chi connectivity index (χ4v) is 1.28. The Kier molecular flexibility index (Phi) is 2.86. The van der Waals surface area contributed by atoms with Gasteiger partial charge in [0, 0.05) is 6.54 Å². The molecule has 0 atom stereocenters. The summed E-state index contributed by atoms with van der Waals surface area (Å²) in [5.41, 5.74) is 1.01. The van der Waals surface area contributed by atoms with Crippen LogP contribution in [0.5, 0.6) is 5.75 Å². The number of aromatic hydroxyl groups is 1. The summed E-state index contributed by atoms with van der Waals surface area (Å²) in [6, 6.07) is 9.19. The molecule has 0 saturated carbocycles. The first-order valence-electron chi connectivity index (χ1n) is 4.81. The van der Waals surface area contributed by atoms with Gasteiger partial charge in [-0.15, -0.1) is 0 Å². The molecule has 16 heavy (non-hydrogen) atoms. The molecule has 2 N–H and O–H groups in total. The highest BCUT2D eigenvalue weighted by molar-refractivity contribution is 5.75. The Hall–Kier alpha value is -2.30. The summed E-state index contributed by atoms with van der Waals surface area (Å²) >= 11 is 0. The Labute approximate surface area is 92.3 Å². The third-order valence-electron chi connectivity index (χ3n) is 2.06. The summed E-state index contributed by atoms with van der Waals surface area (Å²) in [7, 11) is 0. The summed E-state index contributed by atoms with van der Waals surface area (Å²) in [5.74, 6) is -0.0325. The summed E-state index contributed by atoms with van der Waals surface area (Å²) in [6.07, 6.45) is 2.46. The van der Waals surface area contributed by atoms with Crippen molar-refractivity contribution in [2.24, 2.45) is 0 Å². The van der Waals surface area contributed by atoms with E-state index in [1.807, 2.05) is 30.3 Å². The van der Waals surface area contributed by atoms with Gasteiger partial charge in [-0.05, 0) is 5.56 Å². The first kappa shape index (κ1) is 10.2. The summed E-state index contributed by atoms with van der Waals surface area (Å²) in [4.78, 5) is 11.5. The Balaban J connectivity index is 1.94. The Morgan fingerprint density at radius 3 is 2.75 bits per heavy atom. The van der Waals surface area contributed by atoms with E-state index < -0.39 is 0 Å². The van der Waals surface area contributed by atoms with Crippen molar-refractivity contribution in [2.45, 2.75) is 6.54 Å². The Morgan fingerprint density at radius 1 is 1.38 bits per heavy atom. The summed E-state index contributed by atoms with van der Waals surface area (Å²) in [5, 5.41) is 15.4. The lowest BCUT2D eigenvalue weighted by Crippen LogP contribution is -2.28. The van der Waals surface area contributed by atoms with Crippen LogP contribution < -0.4 is 5.32 Å². The molecule has 1 aromatic carbocycles. The second-order valence-electron chi connectivity index (χ2n) is 3.29. The van der Waals surface area contributed by atoms with E-state index in [-0.39, 0.29) is 11.8 Å². The van der Waals surface area contributed by atoms with Gasteiger partial charge < -0.3 is 10.4 Å². The van der Waals surface area contributed by atoms with Gasteiger partial charge in [-0.1, -0.05) is 30.3 Å². The molecule has 1 heterocycles. The largest absolute Gasteiger partial charge is 0.505 e. The quantitative estimate of drug-likeness (QED) is 0.797. The number of nitrogens with one attached hydrogen (secondary N) is 1. The number of aromatic nitrogens is 2. The fraction of sp³-hybridized carbons (Fsp3) is 0.0909. The zero-order chi connectivity index (χ0) is 11.4. The molecule has 5 nitrogen and oxygen atoms in total. The second kappa shape index (κ2) is 4.48. The van der Waals surface area contributed by atoms with Gasteiger partial charge in [0.05, 0.1) is 12.4 Å². The molecule has 0 fully saturated rings. The van der Waals surface area contributed by atoms with Crippen molar-refractivity contribution in [1.29, 1.82) is 0 Å². The van der Waals surface area contributed by atoms with E-state index in [0.29, 0.717) is 6.54 Å². The smallest absolute Gasteiger partial charge is 0.342 e. The standard InChI is InChI=1S/C11H11N3O2/c15-10-7-13-14(8-10)11(16)12-6-9-4-2-1-3-5-9/h1-5,7-8,15H,6H2,(H,12,16). The maximum Gasteiger partial charge on any atom is 0.342 e. The zero-order valence-electron chi connectivity index (χ0n) is 8.50. The number of amides is 1. The monoisotopic (exact) mass is 217 g/mol. The van der Waals surface area contributed by atoms with E-state index in [9.17, 15) is 4.79 Å². The van der Waals surface area contributed by atoms with Crippen LogP contribution in [0.3, 0.4) is 0 Å². The van der Waals surface area contributed by atoms with Crippen LogP contribution >= 0.6 is 0 Å². The van der Waals surface area contributed by atoms with Crippen LogP contribution in [0.15, 0.2) is 42.7 Å². The average molecular weight is 217 g/mol. The lowest BCUT2D eigenvalue weighted by Gasteiger charge is -2.04.